The van der Waals surface area contributed by atoms with Gasteiger partial charge in [-0.2, -0.15) is 0 Å². The Hall–Kier alpha value is -1.33. The molecule has 0 radical (unpaired) electrons. The van der Waals surface area contributed by atoms with Gasteiger partial charge >= 0.3 is 0 Å². The second kappa shape index (κ2) is 4.74. The molecule has 0 atom stereocenters. The number of hydrogen-bond donors (Lipinski definition) is 1. The molecule has 0 saturated carbocycles. The summed E-state index contributed by atoms with van der Waals surface area (Å²) < 4.78 is 3.21. The van der Waals surface area contributed by atoms with Gasteiger partial charge in [0.15, 0.2) is 0 Å². The van der Waals surface area contributed by atoms with E-state index in [2.05, 4.69) is 30.4 Å². The number of aliphatic hydroxyl groups excluding tert-OH is 1. The number of hydrogen-bond acceptors (Lipinski definition) is 3. The van der Waals surface area contributed by atoms with Gasteiger partial charge in [0.2, 0.25) is 0 Å². The zero-order valence-electron chi connectivity index (χ0n) is 9.88. The Morgan fingerprint density at radius 1 is 1.33 bits per heavy atom. The third-order valence-corrected chi connectivity index (χ3v) is 3.92. The minimum Gasteiger partial charge on any atom is -0.392 e. The van der Waals surface area contributed by atoms with Crippen molar-refractivity contribution < 1.29 is 5.11 Å². The fourth-order valence-corrected chi connectivity index (χ4v) is 2.96. The van der Waals surface area contributed by atoms with E-state index in [0.29, 0.717) is 0 Å². The highest BCUT2D eigenvalue weighted by Gasteiger charge is 2.18. The van der Waals surface area contributed by atoms with Gasteiger partial charge in [-0.25, -0.2) is 4.98 Å². The molecular weight excluding hydrogens is 294 g/mol. The van der Waals surface area contributed by atoms with Crippen LogP contribution in [0.5, 0.6) is 0 Å². The molecule has 1 aromatic carbocycles. The first-order valence-corrected chi connectivity index (χ1v) is 6.71. The van der Waals surface area contributed by atoms with Crippen LogP contribution in [0.2, 0.25) is 0 Å². The van der Waals surface area contributed by atoms with Crippen molar-refractivity contribution in [2.75, 3.05) is 11.4 Å². The lowest BCUT2D eigenvalue weighted by Crippen LogP contribution is -2.33. The molecule has 0 fully saturated rings. The third-order valence-electron chi connectivity index (χ3n) is 3.28. The summed E-state index contributed by atoms with van der Waals surface area (Å²) in [4.78, 5) is 6.66. The Morgan fingerprint density at radius 2 is 2.22 bits per heavy atom. The van der Waals surface area contributed by atoms with Gasteiger partial charge in [-0.3, -0.25) is 0 Å². The second-order valence-corrected chi connectivity index (χ2v) is 5.26. The van der Waals surface area contributed by atoms with Crippen LogP contribution in [0.1, 0.15) is 11.4 Å². The van der Waals surface area contributed by atoms with E-state index in [9.17, 15) is 0 Å². The lowest BCUT2D eigenvalue weighted by molar-refractivity contribution is 0.282. The zero-order chi connectivity index (χ0) is 12.5. The fraction of sp³-hybridized carbons (Fsp3) is 0.308. The smallest absolute Gasteiger partial charge is 0.128 e. The molecule has 4 nitrogen and oxygen atoms in total. The number of halogens is 1. The summed E-state index contributed by atoms with van der Waals surface area (Å²) in [6, 6.07) is 5.98. The third kappa shape index (κ3) is 2.04. The highest BCUT2D eigenvalue weighted by Crippen LogP contribution is 2.29. The minimum atomic E-state index is 0.0727. The van der Waals surface area contributed by atoms with Gasteiger partial charge in [-0.15, -0.1) is 0 Å². The Kier molecular flexibility index (Phi) is 3.09. The molecule has 1 aliphatic heterocycles. The molecule has 2 aromatic rings. The predicted octanol–water partition coefficient (Wildman–Crippen LogP) is 2.16. The number of fused-ring (bicyclic) bond motifs is 1. The maximum absolute atomic E-state index is 9.12. The number of anilines is 1. The molecule has 0 amide bonds. The van der Waals surface area contributed by atoms with Gasteiger partial charge in [0.25, 0.3) is 0 Å². The predicted molar refractivity (Wildman–Crippen MR) is 73.3 cm³/mol. The molecule has 1 aromatic heterocycles. The quantitative estimate of drug-likeness (QED) is 0.924. The van der Waals surface area contributed by atoms with Crippen LogP contribution in [0.3, 0.4) is 0 Å². The summed E-state index contributed by atoms with van der Waals surface area (Å²) in [5.41, 5.74) is 2.07. The molecule has 0 aliphatic carbocycles. The van der Waals surface area contributed by atoms with Crippen LogP contribution in [0.25, 0.3) is 0 Å². The summed E-state index contributed by atoms with van der Waals surface area (Å²) in [5, 5.41) is 9.12. The first-order valence-electron chi connectivity index (χ1n) is 5.92. The van der Waals surface area contributed by atoms with E-state index in [1.807, 2.05) is 30.6 Å². The second-order valence-electron chi connectivity index (χ2n) is 4.40. The van der Waals surface area contributed by atoms with Crippen molar-refractivity contribution in [2.45, 2.75) is 19.7 Å². The molecule has 0 bridgehead atoms. The highest BCUT2D eigenvalue weighted by molar-refractivity contribution is 9.10. The average molecular weight is 308 g/mol. The van der Waals surface area contributed by atoms with Crippen LogP contribution in [-0.4, -0.2) is 21.2 Å². The molecule has 1 N–H and O–H groups in total. The SMILES string of the molecule is OCc1ccc(N2CCn3ccnc3C2)c(Br)c1. The Balaban J connectivity index is 1.88. The summed E-state index contributed by atoms with van der Waals surface area (Å²) in [6.45, 7) is 2.83. The highest BCUT2D eigenvalue weighted by atomic mass is 79.9. The molecule has 3 rings (SSSR count). The maximum atomic E-state index is 9.12. The summed E-state index contributed by atoms with van der Waals surface area (Å²) in [5.74, 6) is 1.10. The number of imidazole rings is 1. The number of aliphatic hydroxyl groups is 1. The summed E-state index contributed by atoms with van der Waals surface area (Å²) in [7, 11) is 0. The topological polar surface area (TPSA) is 41.3 Å². The van der Waals surface area contributed by atoms with Crippen molar-refractivity contribution in [3.8, 4) is 0 Å². The van der Waals surface area contributed by atoms with Crippen LogP contribution in [0.4, 0.5) is 5.69 Å². The molecule has 0 unspecified atom stereocenters. The lowest BCUT2D eigenvalue weighted by Gasteiger charge is -2.30. The van der Waals surface area contributed by atoms with Gasteiger partial charge in [0.1, 0.15) is 5.82 Å². The van der Waals surface area contributed by atoms with Crippen molar-refractivity contribution in [3.05, 3.63) is 46.5 Å². The molecule has 0 spiro atoms. The van der Waals surface area contributed by atoms with E-state index in [1.165, 1.54) is 0 Å². The van der Waals surface area contributed by atoms with Crippen LogP contribution in [0, 0.1) is 0 Å². The van der Waals surface area contributed by atoms with Gasteiger partial charge in [0.05, 0.1) is 18.8 Å². The summed E-state index contributed by atoms with van der Waals surface area (Å²) >= 11 is 3.57. The molecule has 2 heterocycles. The standard InChI is InChI=1S/C13H14BrN3O/c14-11-7-10(9-18)1-2-12(11)17-6-5-16-4-3-15-13(16)8-17/h1-4,7,18H,5-6,8-9H2. The minimum absolute atomic E-state index is 0.0727. The van der Waals surface area contributed by atoms with Gasteiger partial charge in [0, 0.05) is 30.0 Å². The van der Waals surface area contributed by atoms with E-state index < -0.39 is 0 Å². The monoisotopic (exact) mass is 307 g/mol. The van der Waals surface area contributed by atoms with Gasteiger partial charge in [-0.1, -0.05) is 6.07 Å². The van der Waals surface area contributed by atoms with Crippen LogP contribution in [0.15, 0.2) is 35.1 Å². The van der Waals surface area contributed by atoms with Crippen LogP contribution >= 0.6 is 15.9 Å². The molecular formula is C13H14BrN3O. The van der Waals surface area contributed by atoms with Crippen molar-refractivity contribution in [2.24, 2.45) is 0 Å². The normalized spacial score (nSPS) is 14.7. The van der Waals surface area contributed by atoms with Crippen molar-refractivity contribution in [1.82, 2.24) is 9.55 Å². The molecule has 1 aliphatic rings. The van der Waals surface area contributed by atoms with Crippen molar-refractivity contribution >= 4 is 21.6 Å². The van der Waals surface area contributed by atoms with Crippen molar-refractivity contribution in [3.63, 3.8) is 0 Å². The maximum Gasteiger partial charge on any atom is 0.128 e. The first kappa shape index (κ1) is 11.7. The van der Waals surface area contributed by atoms with E-state index >= 15 is 0 Å². The molecule has 0 saturated heterocycles. The van der Waals surface area contributed by atoms with Gasteiger partial charge < -0.3 is 14.6 Å². The van der Waals surface area contributed by atoms with Crippen LogP contribution < -0.4 is 4.90 Å². The van der Waals surface area contributed by atoms with Crippen LogP contribution in [-0.2, 0) is 19.7 Å². The lowest BCUT2D eigenvalue weighted by atomic mass is 10.2. The number of benzene rings is 1. The van der Waals surface area contributed by atoms with E-state index in [1.54, 1.807) is 0 Å². The first-order chi connectivity index (χ1) is 8.78. The zero-order valence-corrected chi connectivity index (χ0v) is 11.5. The number of nitrogens with zero attached hydrogens (tertiary/aromatic N) is 3. The van der Waals surface area contributed by atoms with E-state index in [4.69, 9.17) is 5.11 Å². The number of rotatable bonds is 2. The largest absolute Gasteiger partial charge is 0.392 e. The van der Waals surface area contributed by atoms with Gasteiger partial charge in [-0.05, 0) is 33.6 Å². The van der Waals surface area contributed by atoms with E-state index in [0.717, 1.165) is 41.2 Å². The Labute approximate surface area is 114 Å². The Morgan fingerprint density at radius 3 is 3.00 bits per heavy atom. The van der Waals surface area contributed by atoms with E-state index in [-0.39, 0.29) is 6.61 Å². The average Bonchev–Trinajstić information content (AvgIpc) is 2.85. The molecule has 5 heteroatoms. The summed E-state index contributed by atoms with van der Waals surface area (Å²) in [6.07, 6.45) is 3.87. The van der Waals surface area contributed by atoms with Crippen molar-refractivity contribution in [1.29, 1.82) is 0 Å². The Bertz CT molecular complexity index is 567. The molecule has 94 valence electrons. The fourth-order valence-electron chi connectivity index (χ4n) is 2.28. The number of aromatic nitrogens is 2. The molecule has 18 heavy (non-hydrogen) atoms.